The smallest absolute Gasteiger partial charge is 0.226 e. The molecule has 6 nitrogen and oxygen atoms in total. The van der Waals surface area contributed by atoms with Crippen molar-refractivity contribution in [3.63, 3.8) is 0 Å². The Bertz CT molecular complexity index is 998. The third kappa shape index (κ3) is 3.13. The summed E-state index contributed by atoms with van der Waals surface area (Å²) in [6.07, 6.45) is 2.14. The van der Waals surface area contributed by atoms with E-state index >= 15 is 0 Å². The van der Waals surface area contributed by atoms with E-state index < -0.39 is 0 Å². The minimum absolute atomic E-state index is 0.0574. The van der Waals surface area contributed by atoms with Gasteiger partial charge in [0.2, 0.25) is 5.91 Å². The highest BCUT2D eigenvalue weighted by molar-refractivity contribution is 6.30. The van der Waals surface area contributed by atoms with E-state index in [1.165, 1.54) is 0 Å². The molecule has 0 fully saturated rings. The third-order valence-electron chi connectivity index (χ3n) is 4.70. The number of nitrogens with one attached hydrogen (secondary N) is 1. The lowest BCUT2D eigenvalue weighted by atomic mass is 9.87. The number of carbonyl (C=O) groups excluding carboxylic acids is 1. The van der Waals surface area contributed by atoms with Crippen molar-refractivity contribution in [3.05, 3.63) is 64.8 Å². The second-order valence-corrected chi connectivity index (χ2v) is 6.69. The molecule has 0 radical (unpaired) electrons. The molecular formula is C20H18ClN3O3. The van der Waals surface area contributed by atoms with Crippen LogP contribution in [0.2, 0.25) is 5.02 Å². The summed E-state index contributed by atoms with van der Waals surface area (Å²) in [4.78, 5) is 12.4. The zero-order valence-corrected chi connectivity index (χ0v) is 15.7. The fourth-order valence-corrected chi connectivity index (χ4v) is 3.49. The minimum Gasteiger partial charge on any atom is -0.493 e. The van der Waals surface area contributed by atoms with Gasteiger partial charge in [-0.3, -0.25) is 4.79 Å². The van der Waals surface area contributed by atoms with Crippen LogP contribution < -0.4 is 14.8 Å². The minimum atomic E-state index is -0.116. The molecule has 3 aromatic rings. The molecule has 0 spiro atoms. The first-order valence-electron chi connectivity index (χ1n) is 8.46. The van der Waals surface area contributed by atoms with Gasteiger partial charge in [0.25, 0.3) is 0 Å². The van der Waals surface area contributed by atoms with Crippen molar-refractivity contribution in [2.45, 2.75) is 12.3 Å². The summed E-state index contributed by atoms with van der Waals surface area (Å²) < 4.78 is 12.4. The van der Waals surface area contributed by atoms with Crippen molar-refractivity contribution in [2.75, 3.05) is 19.5 Å². The molecule has 1 aliphatic heterocycles. The van der Waals surface area contributed by atoms with Crippen LogP contribution in [0.1, 0.15) is 23.5 Å². The van der Waals surface area contributed by atoms with E-state index in [9.17, 15) is 4.79 Å². The first kappa shape index (κ1) is 17.4. The second-order valence-electron chi connectivity index (χ2n) is 6.26. The van der Waals surface area contributed by atoms with Crippen LogP contribution in [-0.4, -0.2) is 29.9 Å². The van der Waals surface area contributed by atoms with E-state index in [0.29, 0.717) is 28.8 Å². The maximum atomic E-state index is 12.4. The molecular weight excluding hydrogens is 366 g/mol. The number of nitrogens with zero attached hydrogens (tertiary/aromatic N) is 2. The van der Waals surface area contributed by atoms with E-state index in [1.807, 2.05) is 30.3 Å². The fraction of sp³-hybridized carbons (Fsp3) is 0.200. The van der Waals surface area contributed by atoms with Gasteiger partial charge in [0.1, 0.15) is 5.82 Å². The highest BCUT2D eigenvalue weighted by atomic mass is 35.5. The number of carbonyl (C=O) groups is 1. The molecule has 2 aromatic carbocycles. The van der Waals surface area contributed by atoms with Crippen molar-refractivity contribution >= 4 is 23.3 Å². The van der Waals surface area contributed by atoms with Crippen LogP contribution in [0, 0.1) is 0 Å². The number of benzene rings is 2. The topological polar surface area (TPSA) is 65.4 Å². The summed E-state index contributed by atoms with van der Waals surface area (Å²) in [5.74, 6) is 1.78. The Balaban J connectivity index is 1.78. The van der Waals surface area contributed by atoms with Gasteiger partial charge < -0.3 is 14.8 Å². The molecule has 2 heterocycles. The number of aromatic nitrogens is 2. The molecule has 0 bridgehead atoms. The molecule has 1 amide bonds. The van der Waals surface area contributed by atoms with Gasteiger partial charge in [0, 0.05) is 22.9 Å². The molecule has 4 rings (SSSR count). The van der Waals surface area contributed by atoms with Gasteiger partial charge in [-0.15, -0.1) is 0 Å². The fourth-order valence-electron chi connectivity index (χ4n) is 3.36. The number of ether oxygens (including phenoxy) is 2. The number of fused-ring (bicyclic) bond motifs is 1. The Morgan fingerprint density at radius 3 is 2.56 bits per heavy atom. The van der Waals surface area contributed by atoms with Crippen LogP contribution in [0.25, 0.3) is 5.69 Å². The monoisotopic (exact) mass is 383 g/mol. The largest absolute Gasteiger partial charge is 0.493 e. The van der Waals surface area contributed by atoms with Crippen LogP contribution in [0.5, 0.6) is 11.5 Å². The maximum Gasteiger partial charge on any atom is 0.226 e. The summed E-state index contributed by atoms with van der Waals surface area (Å²) >= 11 is 5.97. The summed E-state index contributed by atoms with van der Waals surface area (Å²) in [6.45, 7) is 0. The lowest BCUT2D eigenvalue weighted by Crippen LogP contribution is -2.24. The zero-order chi connectivity index (χ0) is 19.0. The number of halogens is 1. The Hall–Kier alpha value is -2.99. The SMILES string of the molecule is COc1ccc(C2CC(=O)Nc3c2cnn3-c2ccc(Cl)cc2)cc1OC. The van der Waals surface area contributed by atoms with Crippen LogP contribution >= 0.6 is 11.6 Å². The lowest BCUT2D eigenvalue weighted by molar-refractivity contribution is -0.116. The first-order chi connectivity index (χ1) is 13.1. The normalized spacial score (nSPS) is 15.8. The number of rotatable bonds is 4. The molecule has 1 aliphatic rings. The molecule has 7 heteroatoms. The van der Waals surface area contributed by atoms with Crippen LogP contribution in [0.4, 0.5) is 5.82 Å². The molecule has 1 atom stereocenters. The predicted molar refractivity (Wildman–Crippen MR) is 103 cm³/mol. The summed E-state index contributed by atoms with van der Waals surface area (Å²) in [6, 6.07) is 13.0. The molecule has 0 aliphatic carbocycles. The highest BCUT2D eigenvalue weighted by Gasteiger charge is 2.31. The quantitative estimate of drug-likeness (QED) is 0.739. The van der Waals surface area contributed by atoms with E-state index in [4.69, 9.17) is 21.1 Å². The van der Waals surface area contributed by atoms with Crippen molar-refractivity contribution in [1.29, 1.82) is 0 Å². The van der Waals surface area contributed by atoms with Crippen molar-refractivity contribution in [3.8, 4) is 17.2 Å². The van der Waals surface area contributed by atoms with Gasteiger partial charge in [-0.2, -0.15) is 5.10 Å². The highest BCUT2D eigenvalue weighted by Crippen LogP contribution is 2.40. The van der Waals surface area contributed by atoms with Gasteiger partial charge >= 0.3 is 0 Å². The molecule has 0 saturated heterocycles. The second kappa shape index (κ2) is 6.96. The summed E-state index contributed by atoms with van der Waals surface area (Å²) in [5.41, 5.74) is 2.75. The molecule has 0 saturated carbocycles. The summed E-state index contributed by atoms with van der Waals surface area (Å²) in [7, 11) is 3.19. The van der Waals surface area contributed by atoms with Gasteiger partial charge in [-0.05, 0) is 42.0 Å². The van der Waals surface area contributed by atoms with Gasteiger partial charge in [-0.1, -0.05) is 17.7 Å². The van der Waals surface area contributed by atoms with Crippen LogP contribution in [0.15, 0.2) is 48.7 Å². The van der Waals surface area contributed by atoms with Crippen molar-refractivity contribution < 1.29 is 14.3 Å². The number of anilines is 1. The average Bonchev–Trinajstić information content (AvgIpc) is 3.11. The summed E-state index contributed by atoms with van der Waals surface area (Å²) in [5, 5.41) is 8.08. The molecule has 1 aromatic heterocycles. The Kier molecular flexibility index (Phi) is 4.49. The van der Waals surface area contributed by atoms with Gasteiger partial charge in [-0.25, -0.2) is 4.68 Å². The van der Waals surface area contributed by atoms with E-state index in [2.05, 4.69) is 10.4 Å². The van der Waals surface area contributed by atoms with Crippen LogP contribution in [0.3, 0.4) is 0 Å². The van der Waals surface area contributed by atoms with Crippen molar-refractivity contribution in [2.24, 2.45) is 0 Å². The first-order valence-corrected chi connectivity index (χ1v) is 8.84. The zero-order valence-electron chi connectivity index (χ0n) is 14.9. The van der Waals surface area contributed by atoms with Gasteiger partial charge in [0.15, 0.2) is 11.5 Å². The molecule has 1 N–H and O–H groups in total. The lowest BCUT2D eigenvalue weighted by Gasteiger charge is -2.24. The Morgan fingerprint density at radius 2 is 1.85 bits per heavy atom. The number of hydrogen-bond donors (Lipinski definition) is 1. The van der Waals surface area contributed by atoms with Crippen molar-refractivity contribution in [1.82, 2.24) is 9.78 Å². The third-order valence-corrected chi connectivity index (χ3v) is 4.95. The molecule has 138 valence electrons. The average molecular weight is 384 g/mol. The predicted octanol–water partition coefficient (Wildman–Crippen LogP) is 4.02. The van der Waals surface area contributed by atoms with E-state index in [-0.39, 0.29) is 11.8 Å². The molecule has 1 unspecified atom stereocenters. The number of hydrogen-bond acceptors (Lipinski definition) is 4. The Morgan fingerprint density at radius 1 is 1.11 bits per heavy atom. The van der Waals surface area contributed by atoms with Gasteiger partial charge in [0.05, 0.1) is 26.1 Å². The van der Waals surface area contributed by atoms with E-state index in [1.54, 1.807) is 37.2 Å². The Labute approximate surface area is 161 Å². The molecule has 27 heavy (non-hydrogen) atoms. The van der Waals surface area contributed by atoms with E-state index in [0.717, 1.165) is 16.8 Å². The maximum absolute atomic E-state index is 12.4. The number of amides is 1. The van der Waals surface area contributed by atoms with Crippen LogP contribution in [-0.2, 0) is 4.79 Å². The standard InChI is InChI=1S/C20H18ClN3O3/c1-26-17-8-3-12(9-18(17)27-2)15-10-19(25)23-20-16(15)11-22-24(20)14-6-4-13(21)5-7-14/h3-9,11,15H,10H2,1-2H3,(H,23,25). The number of methoxy groups -OCH3 is 2.